The summed E-state index contributed by atoms with van der Waals surface area (Å²) >= 11 is 0. The summed E-state index contributed by atoms with van der Waals surface area (Å²) in [6, 6.07) is 9.00. The summed E-state index contributed by atoms with van der Waals surface area (Å²) in [4.78, 5) is 28.5. The van der Waals surface area contributed by atoms with E-state index in [4.69, 9.17) is 0 Å². The molecule has 2 aliphatic rings. The van der Waals surface area contributed by atoms with E-state index in [9.17, 15) is 22.4 Å². The summed E-state index contributed by atoms with van der Waals surface area (Å²) in [5.41, 5.74) is 0.0735. The molecule has 3 heterocycles. The van der Waals surface area contributed by atoms with Crippen molar-refractivity contribution in [2.75, 3.05) is 44.2 Å². The molecule has 0 unspecified atom stereocenters. The molecular weight excluding hydrogens is 423 g/mol. The second-order valence-corrected chi connectivity index (χ2v) is 9.70. The third-order valence-corrected chi connectivity index (χ3v) is 7.67. The van der Waals surface area contributed by atoms with Gasteiger partial charge in [0.2, 0.25) is 15.9 Å². The van der Waals surface area contributed by atoms with Gasteiger partial charge in [-0.25, -0.2) is 12.8 Å². The minimum absolute atomic E-state index is 0.0196. The van der Waals surface area contributed by atoms with Gasteiger partial charge in [0.15, 0.2) is 0 Å². The third-order valence-electron chi connectivity index (χ3n) is 5.79. The predicted molar refractivity (Wildman–Crippen MR) is 114 cm³/mol. The van der Waals surface area contributed by atoms with E-state index in [1.807, 2.05) is 4.90 Å². The van der Waals surface area contributed by atoms with Crippen molar-refractivity contribution in [1.29, 1.82) is 0 Å². The first kappa shape index (κ1) is 21.5. The summed E-state index contributed by atoms with van der Waals surface area (Å²) in [7, 11) is -3.67. The molecular formula is C21H25FN4O4S. The van der Waals surface area contributed by atoms with Crippen LogP contribution in [0.5, 0.6) is 0 Å². The van der Waals surface area contributed by atoms with Crippen molar-refractivity contribution in [2.45, 2.75) is 24.3 Å². The topological polar surface area (TPSA) is 82.9 Å². The Morgan fingerprint density at radius 1 is 0.935 bits per heavy atom. The molecule has 0 spiro atoms. The molecule has 2 aliphatic heterocycles. The van der Waals surface area contributed by atoms with Gasteiger partial charge in [-0.3, -0.25) is 9.59 Å². The van der Waals surface area contributed by atoms with E-state index in [0.717, 1.165) is 17.4 Å². The van der Waals surface area contributed by atoms with E-state index >= 15 is 0 Å². The molecule has 0 atom stereocenters. The first-order valence-corrected chi connectivity index (χ1v) is 11.8. The minimum Gasteiger partial charge on any atom is -0.366 e. The number of carbonyl (C=O) groups is 1. The number of halogens is 1. The number of sulfonamides is 1. The lowest BCUT2D eigenvalue weighted by Gasteiger charge is -2.36. The minimum atomic E-state index is -3.67. The van der Waals surface area contributed by atoms with Crippen LogP contribution in [-0.4, -0.2) is 67.4 Å². The van der Waals surface area contributed by atoms with Crippen molar-refractivity contribution in [3.05, 3.63) is 58.8 Å². The zero-order valence-corrected chi connectivity index (χ0v) is 17.9. The average Bonchev–Trinajstić information content (AvgIpc) is 3.31. The Balaban J connectivity index is 1.43. The number of aromatic nitrogens is 1. The van der Waals surface area contributed by atoms with E-state index in [1.165, 1.54) is 28.7 Å². The van der Waals surface area contributed by atoms with Gasteiger partial charge in [0.05, 0.1) is 10.6 Å². The van der Waals surface area contributed by atoms with E-state index in [-0.39, 0.29) is 23.2 Å². The van der Waals surface area contributed by atoms with Crippen molar-refractivity contribution in [3.8, 4) is 0 Å². The van der Waals surface area contributed by atoms with Gasteiger partial charge in [-0.1, -0.05) is 12.1 Å². The molecule has 0 radical (unpaired) electrons. The number of hydrogen-bond donors (Lipinski definition) is 0. The van der Waals surface area contributed by atoms with Crippen molar-refractivity contribution in [3.63, 3.8) is 0 Å². The normalized spacial score (nSPS) is 17.8. The number of para-hydroxylation sites is 1. The smallest absolute Gasteiger partial charge is 0.251 e. The fourth-order valence-electron chi connectivity index (χ4n) is 4.01. The Morgan fingerprint density at radius 3 is 2.29 bits per heavy atom. The average molecular weight is 449 g/mol. The molecule has 8 nitrogen and oxygen atoms in total. The molecule has 2 saturated heterocycles. The van der Waals surface area contributed by atoms with Gasteiger partial charge >= 0.3 is 0 Å². The lowest BCUT2D eigenvalue weighted by Crippen LogP contribution is -2.50. The molecule has 0 N–H and O–H groups in total. The summed E-state index contributed by atoms with van der Waals surface area (Å²) in [6.45, 7) is 2.44. The van der Waals surface area contributed by atoms with Crippen LogP contribution < -0.4 is 10.5 Å². The fourth-order valence-corrected chi connectivity index (χ4v) is 5.55. The molecule has 1 aromatic heterocycles. The first-order chi connectivity index (χ1) is 14.9. The highest BCUT2D eigenvalue weighted by molar-refractivity contribution is 7.89. The predicted octanol–water partition coefficient (Wildman–Crippen LogP) is 1.12. The van der Waals surface area contributed by atoms with Gasteiger partial charge in [0.25, 0.3) is 5.56 Å². The number of benzene rings is 1. The molecule has 0 bridgehead atoms. The highest BCUT2D eigenvalue weighted by Gasteiger charge is 2.28. The number of hydrogen-bond acceptors (Lipinski definition) is 5. The number of amides is 1. The SMILES string of the molecule is O=C(Cn1cc(S(=O)(=O)N2CCCC2)ccc1=O)N1CCN(c2ccccc2F)CC1. The Hall–Kier alpha value is -2.72. The first-order valence-electron chi connectivity index (χ1n) is 10.3. The van der Waals surface area contributed by atoms with Crippen molar-refractivity contribution in [2.24, 2.45) is 0 Å². The molecule has 166 valence electrons. The number of nitrogens with zero attached hydrogens (tertiary/aromatic N) is 4. The standard InChI is InChI=1S/C21H25FN4O4S/c22-18-5-1-2-6-19(18)23-11-13-24(14-12-23)21(28)16-25-15-17(7-8-20(25)27)31(29,30)26-9-3-4-10-26/h1-2,5-8,15H,3-4,9-14,16H2. The van der Waals surface area contributed by atoms with Crippen molar-refractivity contribution < 1.29 is 17.6 Å². The highest BCUT2D eigenvalue weighted by atomic mass is 32.2. The second-order valence-electron chi connectivity index (χ2n) is 7.76. The Labute approximate surface area is 180 Å². The van der Waals surface area contributed by atoms with Crippen LogP contribution in [0.4, 0.5) is 10.1 Å². The zero-order chi connectivity index (χ0) is 22.0. The van der Waals surface area contributed by atoms with Crippen LogP contribution >= 0.6 is 0 Å². The van der Waals surface area contributed by atoms with Gasteiger partial charge in [0.1, 0.15) is 12.4 Å². The van der Waals surface area contributed by atoms with Gasteiger partial charge < -0.3 is 14.4 Å². The molecule has 31 heavy (non-hydrogen) atoms. The molecule has 2 fully saturated rings. The Kier molecular flexibility index (Phi) is 6.10. The summed E-state index contributed by atoms with van der Waals surface area (Å²) < 4.78 is 42.1. The maximum atomic E-state index is 14.0. The fraction of sp³-hybridized carbons (Fsp3) is 0.429. The van der Waals surface area contributed by atoms with E-state index in [1.54, 1.807) is 23.1 Å². The van der Waals surface area contributed by atoms with Crippen LogP contribution in [0.3, 0.4) is 0 Å². The summed E-state index contributed by atoms with van der Waals surface area (Å²) in [6.07, 6.45) is 2.88. The number of carbonyl (C=O) groups excluding carboxylic acids is 1. The van der Waals surface area contributed by atoms with Gasteiger partial charge in [-0.15, -0.1) is 0 Å². The van der Waals surface area contributed by atoms with Crippen LogP contribution in [0.15, 0.2) is 52.3 Å². The number of pyridine rings is 1. The van der Waals surface area contributed by atoms with Crippen LogP contribution in [0.25, 0.3) is 0 Å². The molecule has 1 aromatic carbocycles. The van der Waals surface area contributed by atoms with Crippen LogP contribution in [0.2, 0.25) is 0 Å². The maximum Gasteiger partial charge on any atom is 0.251 e. The maximum absolute atomic E-state index is 14.0. The zero-order valence-electron chi connectivity index (χ0n) is 17.1. The molecule has 0 aliphatic carbocycles. The quantitative estimate of drug-likeness (QED) is 0.685. The molecule has 4 rings (SSSR count). The van der Waals surface area contributed by atoms with E-state index in [0.29, 0.717) is 45.0 Å². The van der Waals surface area contributed by atoms with E-state index < -0.39 is 15.6 Å². The lowest BCUT2D eigenvalue weighted by molar-refractivity contribution is -0.132. The van der Waals surface area contributed by atoms with Crippen LogP contribution in [0.1, 0.15) is 12.8 Å². The van der Waals surface area contributed by atoms with Gasteiger partial charge in [0, 0.05) is 51.5 Å². The molecule has 2 aromatic rings. The van der Waals surface area contributed by atoms with Gasteiger partial charge in [-0.2, -0.15) is 4.31 Å². The number of anilines is 1. The van der Waals surface area contributed by atoms with Crippen LogP contribution in [-0.2, 0) is 21.4 Å². The molecule has 0 saturated carbocycles. The second kappa shape index (κ2) is 8.80. The molecule has 1 amide bonds. The number of rotatable bonds is 5. The van der Waals surface area contributed by atoms with Crippen molar-refractivity contribution >= 4 is 21.6 Å². The molecule has 10 heteroatoms. The Morgan fingerprint density at radius 2 is 1.61 bits per heavy atom. The summed E-state index contributed by atoms with van der Waals surface area (Å²) in [5.74, 6) is -0.573. The summed E-state index contributed by atoms with van der Waals surface area (Å²) in [5, 5.41) is 0. The largest absolute Gasteiger partial charge is 0.366 e. The van der Waals surface area contributed by atoms with Crippen molar-refractivity contribution in [1.82, 2.24) is 13.8 Å². The van der Waals surface area contributed by atoms with Gasteiger partial charge in [-0.05, 0) is 31.0 Å². The lowest BCUT2D eigenvalue weighted by atomic mass is 10.2. The van der Waals surface area contributed by atoms with E-state index in [2.05, 4.69) is 0 Å². The highest BCUT2D eigenvalue weighted by Crippen LogP contribution is 2.21. The number of piperazine rings is 1. The van der Waals surface area contributed by atoms with Crippen LogP contribution in [0, 0.1) is 5.82 Å². The Bertz CT molecular complexity index is 1120. The monoisotopic (exact) mass is 448 g/mol. The third kappa shape index (κ3) is 4.49.